The molecule has 2 aromatic rings. The van der Waals surface area contributed by atoms with Crippen molar-refractivity contribution in [1.29, 1.82) is 0 Å². The maximum absolute atomic E-state index is 5.81. The van der Waals surface area contributed by atoms with Gasteiger partial charge in [0, 0.05) is 26.7 Å². The van der Waals surface area contributed by atoms with E-state index in [1.165, 1.54) is 49.0 Å². The van der Waals surface area contributed by atoms with Gasteiger partial charge in [-0.1, -0.05) is 61.0 Å². The molecule has 2 N–H and O–H groups in total. The fourth-order valence-corrected chi connectivity index (χ4v) is 3.54. The van der Waals surface area contributed by atoms with E-state index >= 15 is 0 Å². The van der Waals surface area contributed by atoms with Crippen molar-refractivity contribution in [3.8, 4) is 0 Å². The number of hydrogen-bond donors (Lipinski definition) is 2. The van der Waals surface area contributed by atoms with Crippen molar-refractivity contribution in [2.75, 3.05) is 33.2 Å². The lowest BCUT2D eigenvalue weighted by Crippen LogP contribution is -2.42. The molecular formula is C24H34N4O. The number of hydrogen-bond acceptors (Lipinski definition) is 3. The highest BCUT2D eigenvalue weighted by atomic mass is 16.5. The minimum absolute atomic E-state index is 0.627. The van der Waals surface area contributed by atoms with E-state index in [1.807, 2.05) is 25.2 Å². The Kier molecular flexibility index (Phi) is 9.01. The topological polar surface area (TPSA) is 48.9 Å². The Morgan fingerprint density at radius 1 is 0.862 bits per heavy atom. The molecule has 0 spiro atoms. The highest BCUT2D eigenvalue weighted by Gasteiger charge is 2.09. The summed E-state index contributed by atoms with van der Waals surface area (Å²) in [5, 5.41) is 6.82. The Bertz CT molecular complexity index is 724. The van der Waals surface area contributed by atoms with Crippen LogP contribution >= 0.6 is 0 Å². The van der Waals surface area contributed by atoms with Gasteiger partial charge < -0.3 is 20.3 Å². The molecule has 0 atom stereocenters. The third-order valence-electron chi connectivity index (χ3n) is 5.26. The van der Waals surface area contributed by atoms with E-state index in [0.717, 1.165) is 25.6 Å². The number of guanidine groups is 1. The fraction of sp³-hybridized carbons (Fsp3) is 0.458. The van der Waals surface area contributed by atoms with Crippen LogP contribution in [0, 0.1) is 0 Å². The summed E-state index contributed by atoms with van der Waals surface area (Å²) in [7, 11) is 1.82. The van der Waals surface area contributed by atoms with Gasteiger partial charge in [0.2, 0.25) is 0 Å². The number of rotatable bonds is 9. The summed E-state index contributed by atoms with van der Waals surface area (Å²) in [5.74, 6) is 0.859. The minimum Gasteiger partial charge on any atom is -0.372 e. The van der Waals surface area contributed by atoms with Crippen LogP contribution in [0.4, 0.5) is 0 Å². The molecule has 156 valence electrons. The fourth-order valence-electron chi connectivity index (χ4n) is 3.54. The van der Waals surface area contributed by atoms with E-state index in [1.54, 1.807) is 0 Å². The first kappa shape index (κ1) is 21.3. The molecule has 5 heteroatoms. The second kappa shape index (κ2) is 12.2. The van der Waals surface area contributed by atoms with Crippen LogP contribution in [0.3, 0.4) is 0 Å². The van der Waals surface area contributed by atoms with E-state index in [9.17, 15) is 0 Å². The zero-order valence-corrected chi connectivity index (χ0v) is 17.6. The molecule has 0 amide bonds. The molecular weight excluding hydrogens is 360 g/mol. The molecule has 0 bridgehead atoms. The molecule has 1 aliphatic heterocycles. The number of benzene rings is 2. The smallest absolute Gasteiger partial charge is 0.191 e. The predicted octanol–water partition coefficient (Wildman–Crippen LogP) is 3.55. The average Bonchev–Trinajstić information content (AvgIpc) is 2.78. The zero-order valence-electron chi connectivity index (χ0n) is 17.6. The van der Waals surface area contributed by atoms with Crippen LogP contribution in [-0.4, -0.2) is 44.1 Å². The largest absolute Gasteiger partial charge is 0.372 e. The summed E-state index contributed by atoms with van der Waals surface area (Å²) in [6.45, 7) is 6.50. The zero-order chi connectivity index (χ0) is 20.2. The second-order valence-corrected chi connectivity index (χ2v) is 7.55. The normalized spacial score (nSPS) is 15.3. The summed E-state index contributed by atoms with van der Waals surface area (Å²) in [6.07, 6.45) is 4.05. The summed E-state index contributed by atoms with van der Waals surface area (Å²) < 4.78 is 5.81. The number of likely N-dealkylation sites (tertiary alicyclic amines) is 1. The van der Waals surface area contributed by atoms with Crippen LogP contribution in [0.5, 0.6) is 0 Å². The van der Waals surface area contributed by atoms with Crippen LogP contribution in [0.2, 0.25) is 0 Å². The molecule has 3 rings (SSSR count). The molecule has 0 aliphatic carbocycles. The maximum Gasteiger partial charge on any atom is 0.191 e. The van der Waals surface area contributed by atoms with E-state index in [0.29, 0.717) is 13.2 Å². The van der Waals surface area contributed by atoms with E-state index in [4.69, 9.17) is 4.74 Å². The molecule has 0 unspecified atom stereocenters. The van der Waals surface area contributed by atoms with Crippen molar-refractivity contribution in [3.05, 3.63) is 71.3 Å². The third kappa shape index (κ3) is 7.87. The first-order valence-electron chi connectivity index (χ1n) is 10.7. The second-order valence-electron chi connectivity index (χ2n) is 7.55. The Balaban J connectivity index is 1.33. The van der Waals surface area contributed by atoms with Crippen LogP contribution in [0.1, 0.15) is 36.0 Å². The molecule has 1 fully saturated rings. The van der Waals surface area contributed by atoms with Gasteiger partial charge in [-0.2, -0.15) is 0 Å². The Morgan fingerprint density at radius 2 is 1.52 bits per heavy atom. The molecule has 0 saturated carbocycles. The summed E-state index contributed by atoms with van der Waals surface area (Å²) in [6, 6.07) is 18.8. The van der Waals surface area contributed by atoms with Crippen molar-refractivity contribution in [1.82, 2.24) is 15.5 Å². The van der Waals surface area contributed by atoms with Gasteiger partial charge in [0.25, 0.3) is 0 Å². The van der Waals surface area contributed by atoms with E-state index < -0.39 is 0 Å². The molecule has 29 heavy (non-hydrogen) atoms. The van der Waals surface area contributed by atoms with Crippen LogP contribution in [0.15, 0.2) is 59.6 Å². The maximum atomic E-state index is 5.81. The number of nitrogens with one attached hydrogen (secondary N) is 2. The van der Waals surface area contributed by atoms with Crippen LogP contribution < -0.4 is 10.6 Å². The lowest BCUT2D eigenvalue weighted by Gasteiger charge is -2.26. The van der Waals surface area contributed by atoms with Gasteiger partial charge in [-0.15, -0.1) is 0 Å². The van der Waals surface area contributed by atoms with Crippen LogP contribution in [-0.2, 0) is 24.5 Å². The van der Waals surface area contributed by atoms with Crippen LogP contribution in [0.25, 0.3) is 0 Å². The van der Waals surface area contributed by atoms with Crippen molar-refractivity contribution in [2.24, 2.45) is 4.99 Å². The Morgan fingerprint density at radius 3 is 2.21 bits per heavy atom. The number of nitrogens with zero attached hydrogens (tertiary/aromatic N) is 2. The molecule has 5 nitrogen and oxygen atoms in total. The van der Waals surface area contributed by atoms with Gasteiger partial charge in [-0.05, 0) is 42.6 Å². The monoisotopic (exact) mass is 394 g/mol. The van der Waals surface area contributed by atoms with Crippen molar-refractivity contribution in [3.63, 3.8) is 0 Å². The van der Waals surface area contributed by atoms with Crippen molar-refractivity contribution < 1.29 is 4.74 Å². The predicted molar refractivity (Wildman–Crippen MR) is 120 cm³/mol. The molecule has 0 radical (unpaired) electrons. The first-order valence-corrected chi connectivity index (χ1v) is 10.7. The molecule has 1 aliphatic rings. The standard InChI is InChI=1S/C24H34N4O/c1-25-24(26-14-17-28-15-6-3-7-16-28)27-18-21-10-12-23(13-11-21)20-29-19-22-8-4-2-5-9-22/h2,4-5,8-13H,3,6-7,14-20H2,1H3,(H2,25,26,27). The number of aliphatic imine (C=N–C) groups is 1. The highest BCUT2D eigenvalue weighted by molar-refractivity contribution is 5.79. The van der Waals surface area contributed by atoms with E-state index in [2.05, 4.69) is 56.9 Å². The molecule has 1 saturated heterocycles. The Labute approximate surface area is 175 Å². The summed E-state index contributed by atoms with van der Waals surface area (Å²) >= 11 is 0. The molecule has 0 aromatic heterocycles. The molecule has 2 aromatic carbocycles. The van der Waals surface area contributed by atoms with Gasteiger partial charge in [0.15, 0.2) is 5.96 Å². The van der Waals surface area contributed by atoms with Gasteiger partial charge in [-0.3, -0.25) is 4.99 Å². The molecule has 1 heterocycles. The van der Waals surface area contributed by atoms with Gasteiger partial charge in [0.1, 0.15) is 0 Å². The average molecular weight is 395 g/mol. The summed E-state index contributed by atoms with van der Waals surface area (Å²) in [5.41, 5.74) is 3.62. The van der Waals surface area contributed by atoms with Crippen molar-refractivity contribution in [2.45, 2.75) is 39.0 Å². The van der Waals surface area contributed by atoms with E-state index in [-0.39, 0.29) is 0 Å². The lowest BCUT2D eigenvalue weighted by molar-refractivity contribution is 0.107. The number of piperidine rings is 1. The number of ether oxygens (including phenoxy) is 1. The third-order valence-corrected chi connectivity index (χ3v) is 5.26. The lowest BCUT2D eigenvalue weighted by atomic mass is 10.1. The van der Waals surface area contributed by atoms with Gasteiger partial charge >= 0.3 is 0 Å². The van der Waals surface area contributed by atoms with Crippen molar-refractivity contribution >= 4 is 5.96 Å². The van der Waals surface area contributed by atoms with Gasteiger partial charge in [0.05, 0.1) is 13.2 Å². The quantitative estimate of drug-likeness (QED) is 0.504. The Hall–Kier alpha value is -2.37. The minimum atomic E-state index is 0.627. The first-order chi connectivity index (χ1) is 14.3. The summed E-state index contributed by atoms with van der Waals surface area (Å²) in [4.78, 5) is 6.86. The highest BCUT2D eigenvalue weighted by Crippen LogP contribution is 2.09. The van der Waals surface area contributed by atoms with Gasteiger partial charge in [-0.25, -0.2) is 0 Å². The SMILES string of the molecule is CN=C(NCCN1CCCCC1)NCc1ccc(COCc2ccccc2)cc1.